The zero-order valence-electron chi connectivity index (χ0n) is 14.7. The Kier molecular flexibility index (Phi) is 5.59. The molecule has 1 saturated heterocycles. The van der Waals surface area contributed by atoms with Crippen molar-refractivity contribution >= 4 is 39.0 Å². The summed E-state index contributed by atoms with van der Waals surface area (Å²) in [7, 11) is -3.24. The van der Waals surface area contributed by atoms with Crippen molar-refractivity contribution in [3.8, 4) is 10.4 Å². The number of nitrogens with zero attached hydrogens (tertiary/aromatic N) is 3. The van der Waals surface area contributed by atoms with Crippen molar-refractivity contribution < 1.29 is 18.1 Å². The molecule has 27 heavy (non-hydrogen) atoms. The molecule has 0 amide bonds. The van der Waals surface area contributed by atoms with Gasteiger partial charge in [0.25, 0.3) is 5.69 Å². The Hall–Kier alpha value is -2.30. The van der Waals surface area contributed by atoms with Crippen LogP contribution in [0.25, 0.3) is 10.4 Å². The van der Waals surface area contributed by atoms with Crippen LogP contribution >= 0.6 is 11.3 Å². The number of hydrogen-bond acceptors (Lipinski definition) is 7. The minimum Gasteiger partial charge on any atom is -0.369 e. The smallest absolute Gasteiger partial charge is 0.272 e. The van der Waals surface area contributed by atoms with Gasteiger partial charge in [-0.15, -0.1) is 11.3 Å². The van der Waals surface area contributed by atoms with Crippen molar-refractivity contribution in [2.24, 2.45) is 0 Å². The van der Waals surface area contributed by atoms with Crippen LogP contribution in [0.5, 0.6) is 0 Å². The summed E-state index contributed by atoms with van der Waals surface area (Å²) in [6.45, 7) is 1.63. The number of nitro benzene ring substituents is 1. The van der Waals surface area contributed by atoms with E-state index in [0.29, 0.717) is 43.9 Å². The van der Waals surface area contributed by atoms with Crippen molar-refractivity contribution in [1.82, 2.24) is 4.31 Å². The van der Waals surface area contributed by atoms with Gasteiger partial charge in [0.1, 0.15) is 6.29 Å². The topological polar surface area (TPSA) is 101 Å². The average Bonchev–Trinajstić information content (AvgIpc) is 3.10. The molecule has 3 rings (SSSR count). The maximum atomic E-state index is 11.7. The lowest BCUT2D eigenvalue weighted by atomic mass is 10.1. The molecule has 0 unspecified atom stereocenters. The number of sulfonamides is 1. The number of aldehydes is 1. The van der Waals surface area contributed by atoms with Gasteiger partial charge in [0.2, 0.25) is 10.0 Å². The molecule has 8 nitrogen and oxygen atoms in total. The molecule has 1 aliphatic rings. The fraction of sp³-hybridized carbons (Fsp3) is 0.353. The van der Waals surface area contributed by atoms with Gasteiger partial charge >= 0.3 is 0 Å². The van der Waals surface area contributed by atoms with Gasteiger partial charge < -0.3 is 9.69 Å². The third-order valence-corrected chi connectivity index (χ3v) is 6.88. The first-order valence-corrected chi connectivity index (χ1v) is 11.0. The molecule has 1 fully saturated rings. The highest BCUT2D eigenvalue weighted by Crippen LogP contribution is 2.34. The standard InChI is InChI=1S/C17H19N3O5S2/c1-27(24,25)19-7-5-18(6-8-19)14-10-13(11-15(12-14)20(22)23)17-3-2-16(26-17)4-9-21/h2-3,9-12H,4-8H2,1H3. The highest BCUT2D eigenvalue weighted by atomic mass is 32.2. The van der Waals surface area contributed by atoms with Gasteiger partial charge in [-0.05, 0) is 18.2 Å². The SMILES string of the molecule is CS(=O)(=O)N1CCN(c2cc(-c3ccc(CC=O)s3)cc([N+](=O)[O-])c2)CC1. The second-order valence-electron chi connectivity index (χ2n) is 6.28. The van der Waals surface area contributed by atoms with E-state index < -0.39 is 14.9 Å². The summed E-state index contributed by atoms with van der Waals surface area (Å²) in [5.41, 5.74) is 1.39. The lowest BCUT2D eigenvalue weighted by Crippen LogP contribution is -2.48. The summed E-state index contributed by atoms with van der Waals surface area (Å²) in [6.07, 6.45) is 2.33. The molecule has 10 heteroatoms. The van der Waals surface area contributed by atoms with E-state index in [9.17, 15) is 23.3 Å². The van der Waals surface area contributed by atoms with E-state index in [1.807, 2.05) is 23.1 Å². The summed E-state index contributed by atoms with van der Waals surface area (Å²) in [5.74, 6) is 0. The van der Waals surface area contributed by atoms with Crippen LogP contribution in [0.1, 0.15) is 4.88 Å². The Morgan fingerprint density at radius 3 is 2.48 bits per heavy atom. The summed E-state index contributed by atoms with van der Waals surface area (Å²) in [6, 6.07) is 8.61. The fourth-order valence-electron chi connectivity index (χ4n) is 3.03. The second-order valence-corrected chi connectivity index (χ2v) is 9.43. The van der Waals surface area contributed by atoms with Gasteiger partial charge in [-0.25, -0.2) is 8.42 Å². The van der Waals surface area contributed by atoms with E-state index in [2.05, 4.69) is 0 Å². The molecular weight excluding hydrogens is 390 g/mol. The molecule has 0 atom stereocenters. The van der Waals surface area contributed by atoms with Crippen LogP contribution in [0.15, 0.2) is 30.3 Å². The van der Waals surface area contributed by atoms with Crippen molar-refractivity contribution in [2.45, 2.75) is 6.42 Å². The van der Waals surface area contributed by atoms with Crippen molar-refractivity contribution in [2.75, 3.05) is 37.3 Å². The Labute approximate surface area is 161 Å². The van der Waals surface area contributed by atoms with Crippen LogP contribution in [0, 0.1) is 10.1 Å². The summed E-state index contributed by atoms with van der Waals surface area (Å²) >= 11 is 1.43. The van der Waals surface area contributed by atoms with Crippen molar-refractivity contribution in [3.63, 3.8) is 0 Å². The number of carbonyl (C=O) groups is 1. The second kappa shape index (κ2) is 7.75. The van der Waals surface area contributed by atoms with E-state index in [4.69, 9.17) is 0 Å². The highest BCUT2D eigenvalue weighted by Gasteiger charge is 2.25. The molecule has 2 aromatic rings. The normalized spacial score (nSPS) is 15.7. The number of nitro groups is 1. The van der Waals surface area contributed by atoms with E-state index >= 15 is 0 Å². The molecule has 0 spiro atoms. The Morgan fingerprint density at radius 1 is 1.19 bits per heavy atom. The number of benzene rings is 1. The molecule has 2 heterocycles. The number of anilines is 1. The van der Waals surface area contributed by atoms with Crippen LogP contribution in [-0.4, -0.2) is 56.4 Å². The minimum absolute atomic E-state index is 0.0154. The number of carbonyl (C=O) groups excluding carboxylic acids is 1. The average molecular weight is 409 g/mol. The molecule has 1 aliphatic heterocycles. The summed E-state index contributed by atoms with van der Waals surface area (Å²) in [4.78, 5) is 25.3. The monoisotopic (exact) mass is 409 g/mol. The van der Waals surface area contributed by atoms with Gasteiger partial charge in [0.15, 0.2) is 0 Å². The quantitative estimate of drug-likeness (QED) is 0.412. The Balaban J connectivity index is 1.90. The third-order valence-electron chi connectivity index (χ3n) is 4.42. The van der Waals surface area contributed by atoms with Crippen molar-refractivity contribution in [3.05, 3.63) is 45.3 Å². The van der Waals surface area contributed by atoms with Gasteiger partial charge in [0, 0.05) is 65.7 Å². The van der Waals surface area contributed by atoms with Crippen LogP contribution in [0.2, 0.25) is 0 Å². The van der Waals surface area contributed by atoms with Gasteiger partial charge in [-0.1, -0.05) is 0 Å². The Bertz CT molecular complexity index is 963. The minimum atomic E-state index is -3.24. The van der Waals surface area contributed by atoms with Crippen LogP contribution in [-0.2, 0) is 21.2 Å². The number of piperazine rings is 1. The van der Waals surface area contributed by atoms with Gasteiger partial charge in [-0.2, -0.15) is 4.31 Å². The number of rotatable bonds is 6. The van der Waals surface area contributed by atoms with Crippen LogP contribution in [0.4, 0.5) is 11.4 Å². The predicted molar refractivity (Wildman–Crippen MR) is 105 cm³/mol. The lowest BCUT2D eigenvalue weighted by molar-refractivity contribution is -0.384. The van der Waals surface area contributed by atoms with E-state index in [0.717, 1.165) is 16.0 Å². The number of thiophene rings is 1. The zero-order chi connectivity index (χ0) is 19.6. The van der Waals surface area contributed by atoms with Crippen LogP contribution < -0.4 is 4.90 Å². The molecule has 0 aliphatic carbocycles. The lowest BCUT2D eigenvalue weighted by Gasteiger charge is -2.34. The van der Waals surface area contributed by atoms with Gasteiger partial charge in [0.05, 0.1) is 11.2 Å². The van der Waals surface area contributed by atoms with E-state index in [1.54, 1.807) is 0 Å². The summed E-state index contributed by atoms with van der Waals surface area (Å²) in [5, 5.41) is 11.4. The first kappa shape index (κ1) is 19.5. The van der Waals surface area contributed by atoms with E-state index in [-0.39, 0.29) is 5.69 Å². The Morgan fingerprint density at radius 2 is 1.89 bits per heavy atom. The predicted octanol–water partition coefficient (Wildman–Crippen LogP) is 2.15. The first-order chi connectivity index (χ1) is 12.8. The maximum absolute atomic E-state index is 11.7. The highest BCUT2D eigenvalue weighted by molar-refractivity contribution is 7.88. The molecule has 1 aromatic heterocycles. The third kappa shape index (κ3) is 4.52. The molecule has 0 radical (unpaired) electrons. The maximum Gasteiger partial charge on any atom is 0.272 e. The van der Waals surface area contributed by atoms with Crippen LogP contribution in [0.3, 0.4) is 0 Å². The molecule has 0 N–H and O–H groups in total. The fourth-order valence-corrected chi connectivity index (χ4v) is 4.80. The molecule has 1 aromatic carbocycles. The molecule has 0 saturated carbocycles. The van der Waals surface area contributed by atoms with Gasteiger partial charge in [-0.3, -0.25) is 10.1 Å². The molecule has 0 bridgehead atoms. The zero-order valence-corrected chi connectivity index (χ0v) is 16.3. The molecule has 144 valence electrons. The largest absolute Gasteiger partial charge is 0.369 e. The number of hydrogen-bond donors (Lipinski definition) is 0. The first-order valence-electron chi connectivity index (χ1n) is 8.30. The van der Waals surface area contributed by atoms with Crippen molar-refractivity contribution in [1.29, 1.82) is 0 Å². The summed E-state index contributed by atoms with van der Waals surface area (Å²) < 4.78 is 24.7. The van der Waals surface area contributed by atoms with E-state index in [1.165, 1.54) is 34.0 Å². The molecular formula is C17H19N3O5S2. The number of non-ortho nitro benzene ring substituents is 1.